The van der Waals surface area contributed by atoms with Crippen LogP contribution in [0, 0.1) is 13.8 Å². The lowest BCUT2D eigenvalue weighted by atomic mass is 9.43. The van der Waals surface area contributed by atoms with Crippen molar-refractivity contribution in [2.24, 2.45) is 0 Å². The molecule has 0 N–H and O–H groups in total. The average Bonchev–Trinajstić information content (AvgIpc) is 3.86. The summed E-state index contributed by atoms with van der Waals surface area (Å²) in [6.45, 7) is 4.42. The predicted molar refractivity (Wildman–Crippen MR) is 217 cm³/mol. The molecule has 0 bridgehead atoms. The maximum absolute atomic E-state index is 6.66. The Morgan fingerprint density at radius 1 is 0.647 bits per heavy atom. The number of benzene rings is 7. The number of para-hydroxylation sites is 1. The van der Waals surface area contributed by atoms with E-state index in [0.29, 0.717) is 0 Å². The fourth-order valence-electron chi connectivity index (χ4n) is 9.21. The van der Waals surface area contributed by atoms with Crippen LogP contribution in [0.4, 0.5) is 11.4 Å². The Hall–Kier alpha value is -6.04. The van der Waals surface area contributed by atoms with Crippen molar-refractivity contribution in [1.82, 2.24) is 4.57 Å². The molecule has 0 saturated carbocycles. The fraction of sp³-hybridized carbons (Fsp3) is 0.0435. The Kier molecular flexibility index (Phi) is 5.34. The monoisotopic (exact) mass is 668 g/mol. The zero-order valence-corrected chi connectivity index (χ0v) is 28.9. The van der Waals surface area contributed by atoms with E-state index >= 15 is 0 Å². The molecule has 0 fully saturated rings. The Labute approximate surface area is 298 Å². The van der Waals surface area contributed by atoms with Crippen molar-refractivity contribution in [2.45, 2.75) is 13.8 Å². The van der Waals surface area contributed by atoms with Crippen LogP contribution in [-0.4, -0.2) is 11.4 Å². The van der Waals surface area contributed by atoms with Gasteiger partial charge in [0.2, 0.25) is 0 Å². The van der Waals surface area contributed by atoms with Gasteiger partial charge in [-0.25, -0.2) is 0 Å². The molecular weight excluding hydrogens is 639 g/mol. The molecule has 3 aromatic heterocycles. The second-order valence-electron chi connectivity index (χ2n) is 14.2. The van der Waals surface area contributed by atoms with Gasteiger partial charge in [-0.05, 0) is 78.4 Å². The van der Waals surface area contributed by atoms with Gasteiger partial charge in [0.25, 0.3) is 0 Å². The van der Waals surface area contributed by atoms with E-state index in [-0.39, 0.29) is 6.85 Å². The SMILES string of the molecule is Cc1ccc(N2B3c4cc5cc(-c6ccccc6)oc5cc4-n4c5ccccc5c5c(C)cc(c3c54)-c3c2ccc2sc4ccccc4c32)cc1. The van der Waals surface area contributed by atoms with Crippen molar-refractivity contribution in [3.8, 4) is 28.1 Å². The third-order valence-electron chi connectivity index (χ3n) is 11.3. The maximum atomic E-state index is 6.66. The van der Waals surface area contributed by atoms with Gasteiger partial charge in [-0.15, -0.1) is 11.3 Å². The minimum atomic E-state index is -0.0491. The van der Waals surface area contributed by atoms with E-state index in [1.165, 1.54) is 92.2 Å². The lowest BCUT2D eigenvalue weighted by Crippen LogP contribution is -2.60. The third kappa shape index (κ3) is 3.58. The number of rotatable bonds is 2. The molecule has 0 atom stereocenters. The number of nitrogens with zero attached hydrogens (tertiary/aromatic N) is 2. The molecular formula is C46H29BN2OS. The molecule has 7 aromatic carbocycles. The molecule has 51 heavy (non-hydrogen) atoms. The zero-order valence-electron chi connectivity index (χ0n) is 28.1. The Balaban J connectivity index is 1.28. The van der Waals surface area contributed by atoms with E-state index < -0.39 is 0 Å². The maximum Gasteiger partial charge on any atom is 0.333 e. The topological polar surface area (TPSA) is 21.3 Å². The van der Waals surface area contributed by atoms with Crippen LogP contribution in [0.1, 0.15) is 11.1 Å². The molecule has 12 rings (SSSR count). The molecule has 3 nitrogen and oxygen atoms in total. The highest BCUT2D eigenvalue weighted by molar-refractivity contribution is 7.26. The molecule has 0 radical (unpaired) electrons. The zero-order chi connectivity index (χ0) is 33.5. The highest BCUT2D eigenvalue weighted by Gasteiger charge is 2.45. The first kappa shape index (κ1) is 27.7. The molecule has 2 aliphatic heterocycles. The quantitative estimate of drug-likeness (QED) is 0.171. The summed E-state index contributed by atoms with van der Waals surface area (Å²) in [6.07, 6.45) is 0. The molecule has 5 heteroatoms. The van der Waals surface area contributed by atoms with Gasteiger partial charge in [0, 0.05) is 70.6 Å². The van der Waals surface area contributed by atoms with Gasteiger partial charge in [-0.2, -0.15) is 0 Å². The van der Waals surface area contributed by atoms with Gasteiger partial charge in [0.15, 0.2) is 0 Å². The predicted octanol–water partition coefficient (Wildman–Crippen LogP) is 11.4. The molecule has 0 amide bonds. The summed E-state index contributed by atoms with van der Waals surface area (Å²) in [5.41, 5.74) is 16.0. The van der Waals surface area contributed by atoms with Crippen LogP contribution >= 0.6 is 11.3 Å². The fourth-order valence-corrected chi connectivity index (χ4v) is 10.3. The Morgan fingerprint density at radius 2 is 1.43 bits per heavy atom. The number of hydrogen-bond donors (Lipinski definition) is 0. The highest BCUT2D eigenvalue weighted by atomic mass is 32.1. The van der Waals surface area contributed by atoms with Gasteiger partial charge in [-0.3, -0.25) is 0 Å². The molecule has 0 unspecified atom stereocenters. The van der Waals surface area contributed by atoms with Crippen LogP contribution < -0.4 is 15.7 Å². The summed E-state index contributed by atoms with van der Waals surface area (Å²) in [7, 11) is 0. The van der Waals surface area contributed by atoms with E-state index in [4.69, 9.17) is 4.42 Å². The van der Waals surface area contributed by atoms with Crippen molar-refractivity contribution in [3.63, 3.8) is 0 Å². The number of fused-ring (bicyclic) bond motifs is 13. The number of furan rings is 1. The van der Waals surface area contributed by atoms with E-state index in [1.54, 1.807) is 0 Å². The number of aryl methyl sites for hydroxylation is 2. The summed E-state index contributed by atoms with van der Waals surface area (Å²) < 4.78 is 11.8. The lowest BCUT2D eigenvalue weighted by Gasteiger charge is -2.42. The van der Waals surface area contributed by atoms with Crippen molar-refractivity contribution >= 4 is 93.4 Å². The number of aromatic nitrogens is 1. The van der Waals surface area contributed by atoms with E-state index in [2.05, 4.69) is 163 Å². The summed E-state index contributed by atoms with van der Waals surface area (Å²) in [6, 6.07) is 51.5. The molecule has 0 spiro atoms. The summed E-state index contributed by atoms with van der Waals surface area (Å²) in [4.78, 5) is 2.63. The first-order chi connectivity index (χ1) is 25.1. The number of thiophene rings is 1. The smallest absolute Gasteiger partial charge is 0.333 e. The lowest BCUT2D eigenvalue weighted by molar-refractivity contribution is 0.631. The van der Waals surface area contributed by atoms with Crippen LogP contribution in [0.25, 0.3) is 81.1 Å². The number of hydrogen-bond acceptors (Lipinski definition) is 3. The van der Waals surface area contributed by atoms with Crippen LogP contribution in [0.15, 0.2) is 144 Å². The van der Waals surface area contributed by atoms with Crippen molar-refractivity contribution in [1.29, 1.82) is 0 Å². The molecule has 0 aliphatic carbocycles. The van der Waals surface area contributed by atoms with Crippen LogP contribution in [-0.2, 0) is 0 Å². The summed E-state index contributed by atoms with van der Waals surface area (Å²) >= 11 is 1.89. The van der Waals surface area contributed by atoms with Crippen molar-refractivity contribution in [2.75, 3.05) is 4.81 Å². The first-order valence-corrected chi connectivity index (χ1v) is 18.4. The van der Waals surface area contributed by atoms with E-state index in [0.717, 1.165) is 22.3 Å². The second kappa shape index (κ2) is 9.81. The van der Waals surface area contributed by atoms with E-state index in [9.17, 15) is 0 Å². The van der Waals surface area contributed by atoms with Crippen LogP contribution in [0.5, 0.6) is 0 Å². The largest absolute Gasteiger partial charge is 0.456 e. The summed E-state index contributed by atoms with van der Waals surface area (Å²) in [5, 5.41) is 6.41. The molecule has 0 saturated heterocycles. The third-order valence-corrected chi connectivity index (χ3v) is 12.5. The normalized spacial score (nSPS) is 13.2. The minimum Gasteiger partial charge on any atom is -0.456 e. The van der Waals surface area contributed by atoms with Gasteiger partial charge in [-0.1, -0.05) is 96.6 Å². The standard InChI is InChI=1S/C46H29BN2OS/c1-26-16-18-30(19-17-26)49-36-20-21-41-44(32-13-7-9-15-40(32)51-41)43(36)33-22-27(2)42-31-12-6-8-14-35(31)48-37-25-39-29(23-34(37)47(49)45(33)46(42)48)24-38(50-39)28-10-4-3-5-11-28/h3-25H,1-2H3. The first-order valence-electron chi connectivity index (χ1n) is 17.6. The van der Waals surface area contributed by atoms with Crippen LogP contribution in [0.2, 0.25) is 0 Å². The highest BCUT2D eigenvalue weighted by Crippen LogP contribution is 2.51. The van der Waals surface area contributed by atoms with Crippen LogP contribution in [0.3, 0.4) is 0 Å². The van der Waals surface area contributed by atoms with Crippen molar-refractivity contribution < 1.29 is 4.42 Å². The summed E-state index contributed by atoms with van der Waals surface area (Å²) in [5.74, 6) is 0.889. The molecule has 5 heterocycles. The molecule has 10 aromatic rings. The van der Waals surface area contributed by atoms with Gasteiger partial charge >= 0.3 is 6.85 Å². The number of anilines is 2. The molecule has 2 aliphatic rings. The van der Waals surface area contributed by atoms with Crippen molar-refractivity contribution in [3.05, 3.63) is 151 Å². The van der Waals surface area contributed by atoms with E-state index in [1.807, 2.05) is 11.3 Å². The second-order valence-corrected chi connectivity index (χ2v) is 15.3. The average molecular weight is 669 g/mol. The molecule has 238 valence electrons. The van der Waals surface area contributed by atoms with Gasteiger partial charge < -0.3 is 13.8 Å². The van der Waals surface area contributed by atoms with Gasteiger partial charge in [0.1, 0.15) is 11.3 Å². The Bertz CT molecular complexity index is 3110. The minimum absolute atomic E-state index is 0.0491. The Morgan fingerprint density at radius 3 is 2.29 bits per heavy atom. The van der Waals surface area contributed by atoms with Gasteiger partial charge in [0.05, 0.1) is 11.0 Å².